The van der Waals surface area contributed by atoms with Crippen LogP contribution in [0, 0.1) is 6.92 Å². The number of nitrogens with one attached hydrogen (secondary N) is 2. The third-order valence-corrected chi connectivity index (χ3v) is 2.81. The standard InChI is InChI=1S/C13H14N4O2/c1-8-4-12(17-19-8)15-11-5-9(6-14-7-11)13(18)16-10-2-3-10/h4-7,10H,2-3H2,1H3,(H,15,17)(H,16,18). The normalized spacial score (nSPS) is 14.2. The van der Waals surface area contributed by atoms with E-state index in [2.05, 4.69) is 20.8 Å². The lowest BCUT2D eigenvalue weighted by Gasteiger charge is -2.05. The molecule has 1 amide bonds. The summed E-state index contributed by atoms with van der Waals surface area (Å²) in [5.41, 5.74) is 1.24. The van der Waals surface area contributed by atoms with Crippen molar-refractivity contribution >= 4 is 17.4 Å². The summed E-state index contributed by atoms with van der Waals surface area (Å²) in [6.07, 6.45) is 5.32. The minimum Gasteiger partial charge on any atom is -0.360 e. The zero-order valence-corrected chi connectivity index (χ0v) is 10.5. The Hall–Kier alpha value is -2.37. The fourth-order valence-electron chi connectivity index (χ4n) is 1.70. The number of rotatable bonds is 4. The first-order chi connectivity index (χ1) is 9.20. The number of carbonyl (C=O) groups excluding carboxylic acids is 1. The fraction of sp³-hybridized carbons (Fsp3) is 0.308. The predicted octanol–water partition coefficient (Wildman–Crippen LogP) is 2.01. The van der Waals surface area contributed by atoms with Crippen LogP contribution < -0.4 is 10.6 Å². The summed E-state index contributed by atoms with van der Waals surface area (Å²) in [6.45, 7) is 1.82. The summed E-state index contributed by atoms with van der Waals surface area (Å²) in [6, 6.07) is 3.85. The molecule has 19 heavy (non-hydrogen) atoms. The maximum atomic E-state index is 11.9. The Balaban J connectivity index is 1.73. The highest BCUT2D eigenvalue weighted by Gasteiger charge is 2.23. The minimum atomic E-state index is -0.0880. The van der Waals surface area contributed by atoms with E-state index in [0.29, 0.717) is 23.1 Å². The number of aryl methyl sites for hydroxylation is 1. The molecule has 0 aromatic carbocycles. The summed E-state index contributed by atoms with van der Waals surface area (Å²) in [5, 5.41) is 9.80. The zero-order chi connectivity index (χ0) is 13.2. The van der Waals surface area contributed by atoms with E-state index in [-0.39, 0.29) is 5.91 Å². The Morgan fingerprint density at radius 1 is 1.37 bits per heavy atom. The van der Waals surface area contributed by atoms with Gasteiger partial charge in [-0.1, -0.05) is 5.16 Å². The lowest BCUT2D eigenvalue weighted by Crippen LogP contribution is -2.25. The van der Waals surface area contributed by atoms with E-state index in [1.165, 1.54) is 0 Å². The molecule has 2 aromatic rings. The number of carbonyl (C=O) groups is 1. The largest absolute Gasteiger partial charge is 0.360 e. The van der Waals surface area contributed by atoms with Gasteiger partial charge in [-0.3, -0.25) is 9.78 Å². The van der Waals surface area contributed by atoms with Crippen LogP contribution in [-0.2, 0) is 0 Å². The quantitative estimate of drug-likeness (QED) is 0.876. The van der Waals surface area contributed by atoms with Crippen molar-refractivity contribution in [2.24, 2.45) is 0 Å². The van der Waals surface area contributed by atoms with E-state index in [1.54, 1.807) is 24.5 Å². The lowest BCUT2D eigenvalue weighted by atomic mass is 10.2. The van der Waals surface area contributed by atoms with Gasteiger partial charge in [0.2, 0.25) is 0 Å². The number of hydrogen-bond acceptors (Lipinski definition) is 5. The van der Waals surface area contributed by atoms with Crippen LogP contribution in [0.1, 0.15) is 29.0 Å². The number of nitrogens with zero attached hydrogens (tertiary/aromatic N) is 2. The van der Waals surface area contributed by atoms with Crippen molar-refractivity contribution < 1.29 is 9.32 Å². The SMILES string of the molecule is Cc1cc(Nc2cncc(C(=O)NC3CC3)c2)no1. The van der Waals surface area contributed by atoms with Crippen molar-refractivity contribution in [2.45, 2.75) is 25.8 Å². The molecule has 1 fully saturated rings. The molecule has 0 aliphatic heterocycles. The van der Waals surface area contributed by atoms with Crippen LogP contribution in [0.25, 0.3) is 0 Å². The number of aromatic nitrogens is 2. The van der Waals surface area contributed by atoms with Gasteiger partial charge in [0, 0.05) is 18.3 Å². The number of pyridine rings is 1. The van der Waals surface area contributed by atoms with Crippen LogP contribution in [0.2, 0.25) is 0 Å². The van der Waals surface area contributed by atoms with E-state index < -0.39 is 0 Å². The molecule has 0 saturated heterocycles. The second kappa shape index (κ2) is 4.72. The molecule has 0 unspecified atom stereocenters. The van der Waals surface area contributed by atoms with E-state index in [0.717, 1.165) is 18.6 Å². The molecule has 1 aliphatic carbocycles. The van der Waals surface area contributed by atoms with Gasteiger partial charge in [-0.15, -0.1) is 0 Å². The van der Waals surface area contributed by atoms with E-state index in [1.807, 2.05) is 6.92 Å². The first-order valence-corrected chi connectivity index (χ1v) is 6.17. The highest BCUT2D eigenvalue weighted by molar-refractivity contribution is 5.95. The summed E-state index contributed by atoms with van der Waals surface area (Å²) < 4.78 is 4.96. The first-order valence-electron chi connectivity index (χ1n) is 6.17. The predicted molar refractivity (Wildman–Crippen MR) is 69.2 cm³/mol. The minimum absolute atomic E-state index is 0.0880. The molecule has 0 bridgehead atoms. The summed E-state index contributed by atoms with van der Waals surface area (Å²) in [4.78, 5) is 15.9. The molecule has 98 valence electrons. The maximum Gasteiger partial charge on any atom is 0.253 e. The molecule has 0 spiro atoms. The Morgan fingerprint density at radius 2 is 2.21 bits per heavy atom. The monoisotopic (exact) mass is 258 g/mol. The van der Waals surface area contributed by atoms with Crippen LogP contribution in [0.5, 0.6) is 0 Å². The van der Waals surface area contributed by atoms with Crippen LogP contribution in [0.3, 0.4) is 0 Å². The van der Waals surface area contributed by atoms with Gasteiger partial charge in [-0.25, -0.2) is 0 Å². The van der Waals surface area contributed by atoms with Crippen LogP contribution in [0.4, 0.5) is 11.5 Å². The first kappa shape index (κ1) is 11.7. The second-order valence-corrected chi connectivity index (χ2v) is 4.66. The average Bonchev–Trinajstić information content (AvgIpc) is 3.12. The molecule has 1 aliphatic rings. The van der Waals surface area contributed by atoms with Crippen molar-refractivity contribution in [1.29, 1.82) is 0 Å². The third kappa shape index (κ3) is 2.90. The lowest BCUT2D eigenvalue weighted by molar-refractivity contribution is 0.0951. The van der Waals surface area contributed by atoms with Crippen LogP contribution in [0.15, 0.2) is 29.0 Å². The Morgan fingerprint density at radius 3 is 2.89 bits per heavy atom. The summed E-state index contributed by atoms with van der Waals surface area (Å²) >= 11 is 0. The smallest absolute Gasteiger partial charge is 0.253 e. The number of amides is 1. The van der Waals surface area contributed by atoms with E-state index in [4.69, 9.17) is 4.52 Å². The topological polar surface area (TPSA) is 80.0 Å². The van der Waals surface area contributed by atoms with Crippen LogP contribution in [-0.4, -0.2) is 22.1 Å². The molecule has 0 atom stereocenters. The van der Waals surface area contributed by atoms with Crippen molar-refractivity contribution in [3.8, 4) is 0 Å². The van der Waals surface area contributed by atoms with Crippen molar-refractivity contribution in [2.75, 3.05) is 5.32 Å². The van der Waals surface area contributed by atoms with Gasteiger partial charge >= 0.3 is 0 Å². The van der Waals surface area contributed by atoms with Gasteiger partial charge in [-0.05, 0) is 25.8 Å². The Kier molecular flexibility index (Phi) is 2.91. The molecule has 0 radical (unpaired) electrons. The molecule has 3 rings (SSSR count). The molecule has 1 saturated carbocycles. The molecule has 2 aromatic heterocycles. The molecule has 2 N–H and O–H groups in total. The van der Waals surface area contributed by atoms with Gasteiger partial charge in [0.15, 0.2) is 5.82 Å². The average molecular weight is 258 g/mol. The fourth-order valence-corrected chi connectivity index (χ4v) is 1.70. The van der Waals surface area contributed by atoms with Gasteiger partial charge in [0.25, 0.3) is 5.91 Å². The number of anilines is 2. The second-order valence-electron chi connectivity index (χ2n) is 4.66. The molecular weight excluding hydrogens is 244 g/mol. The molecule has 6 heteroatoms. The van der Waals surface area contributed by atoms with Gasteiger partial charge in [0.1, 0.15) is 5.76 Å². The third-order valence-electron chi connectivity index (χ3n) is 2.81. The summed E-state index contributed by atoms with van der Waals surface area (Å²) in [5.74, 6) is 1.23. The molecule has 6 nitrogen and oxygen atoms in total. The van der Waals surface area contributed by atoms with Gasteiger partial charge in [0.05, 0.1) is 17.4 Å². The van der Waals surface area contributed by atoms with E-state index in [9.17, 15) is 4.79 Å². The molecule has 2 heterocycles. The van der Waals surface area contributed by atoms with Gasteiger partial charge in [-0.2, -0.15) is 0 Å². The van der Waals surface area contributed by atoms with E-state index >= 15 is 0 Å². The summed E-state index contributed by atoms with van der Waals surface area (Å²) in [7, 11) is 0. The van der Waals surface area contributed by atoms with Crippen molar-refractivity contribution in [3.05, 3.63) is 35.9 Å². The van der Waals surface area contributed by atoms with Crippen molar-refractivity contribution in [1.82, 2.24) is 15.5 Å². The maximum absolute atomic E-state index is 11.9. The highest BCUT2D eigenvalue weighted by atomic mass is 16.5. The number of hydrogen-bond donors (Lipinski definition) is 2. The Bertz CT molecular complexity index is 604. The highest BCUT2D eigenvalue weighted by Crippen LogP contribution is 2.20. The Labute approximate surface area is 110 Å². The van der Waals surface area contributed by atoms with Crippen LogP contribution >= 0.6 is 0 Å². The molecular formula is C13H14N4O2. The zero-order valence-electron chi connectivity index (χ0n) is 10.5. The van der Waals surface area contributed by atoms with Gasteiger partial charge < -0.3 is 15.2 Å². The van der Waals surface area contributed by atoms with Crippen molar-refractivity contribution in [3.63, 3.8) is 0 Å².